The molecule has 3 nitrogen and oxygen atoms in total. The third kappa shape index (κ3) is 4.93. The maximum absolute atomic E-state index is 12.1. The van der Waals surface area contributed by atoms with Gasteiger partial charge in [-0.15, -0.1) is 0 Å². The van der Waals surface area contributed by atoms with Gasteiger partial charge >= 0.3 is 5.97 Å². The molecule has 2 aromatic rings. The molecule has 3 heteroatoms. The van der Waals surface area contributed by atoms with Crippen LogP contribution in [0.4, 0.5) is 0 Å². The van der Waals surface area contributed by atoms with Crippen molar-refractivity contribution in [3.05, 3.63) is 71.8 Å². The molecule has 0 saturated carbocycles. The van der Waals surface area contributed by atoms with Crippen molar-refractivity contribution in [2.45, 2.75) is 45.1 Å². The highest BCUT2D eigenvalue weighted by molar-refractivity contribution is 5.88. The number of hydrogen-bond donors (Lipinski definition) is 0. The Hall–Kier alpha value is -2.13. The van der Waals surface area contributed by atoms with E-state index in [9.17, 15) is 4.79 Å². The minimum atomic E-state index is -0.638. The second-order valence-corrected chi connectivity index (χ2v) is 5.87. The van der Waals surface area contributed by atoms with Gasteiger partial charge in [0.25, 0.3) is 0 Å². The van der Waals surface area contributed by atoms with E-state index in [1.54, 1.807) is 24.3 Å². The van der Waals surface area contributed by atoms with Crippen LogP contribution in [0, 0.1) is 0 Å². The highest BCUT2D eigenvalue weighted by Gasteiger charge is 2.30. The van der Waals surface area contributed by atoms with Crippen LogP contribution in [0.15, 0.2) is 60.7 Å². The second kappa shape index (κ2) is 8.49. The van der Waals surface area contributed by atoms with Gasteiger partial charge in [-0.25, -0.2) is 4.79 Å². The van der Waals surface area contributed by atoms with E-state index in [-0.39, 0.29) is 0 Å². The fourth-order valence-corrected chi connectivity index (χ4v) is 2.49. The Kier molecular flexibility index (Phi) is 6.36. The Morgan fingerprint density at radius 3 is 2.17 bits per heavy atom. The first-order valence-corrected chi connectivity index (χ1v) is 8.16. The van der Waals surface area contributed by atoms with Crippen molar-refractivity contribution < 1.29 is 14.6 Å². The van der Waals surface area contributed by atoms with E-state index in [4.69, 9.17) is 9.78 Å². The summed E-state index contributed by atoms with van der Waals surface area (Å²) in [5.74, 6) is -0.469. The number of benzene rings is 2. The summed E-state index contributed by atoms with van der Waals surface area (Å²) < 4.78 is 0. The fraction of sp³-hybridized carbons (Fsp3) is 0.350. The summed E-state index contributed by atoms with van der Waals surface area (Å²) >= 11 is 0. The minimum Gasteiger partial charge on any atom is -0.292 e. The third-order valence-corrected chi connectivity index (χ3v) is 3.95. The summed E-state index contributed by atoms with van der Waals surface area (Å²) in [6.45, 7) is 4.13. The standard InChI is InChI=1S/C20H24O3/c1-3-4-11-16-20(2,18-14-9-6-10-15-18)23-22-19(21)17-12-7-5-8-13-17/h5-10,12-15H,3-4,11,16H2,1-2H3. The van der Waals surface area contributed by atoms with Crippen molar-refractivity contribution in [1.82, 2.24) is 0 Å². The van der Waals surface area contributed by atoms with E-state index in [0.29, 0.717) is 5.56 Å². The Labute approximate surface area is 138 Å². The molecular weight excluding hydrogens is 288 g/mol. The molecule has 122 valence electrons. The average Bonchev–Trinajstić information content (AvgIpc) is 2.61. The lowest BCUT2D eigenvalue weighted by molar-refractivity contribution is -0.319. The van der Waals surface area contributed by atoms with Gasteiger partial charge in [-0.3, -0.25) is 4.89 Å². The van der Waals surface area contributed by atoms with Crippen LogP contribution in [0.25, 0.3) is 0 Å². The molecule has 23 heavy (non-hydrogen) atoms. The smallest absolute Gasteiger partial charge is 0.292 e. The van der Waals surface area contributed by atoms with Crippen LogP contribution in [0.2, 0.25) is 0 Å². The zero-order valence-corrected chi connectivity index (χ0v) is 13.8. The Morgan fingerprint density at radius 2 is 1.57 bits per heavy atom. The van der Waals surface area contributed by atoms with Gasteiger partial charge in [-0.2, -0.15) is 4.89 Å². The first kappa shape index (κ1) is 17.2. The van der Waals surface area contributed by atoms with Crippen LogP contribution < -0.4 is 0 Å². The maximum Gasteiger partial charge on any atom is 0.373 e. The van der Waals surface area contributed by atoms with Gasteiger partial charge < -0.3 is 0 Å². The SMILES string of the molecule is CCCCCC(C)(OOC(=O)c1ccccc1)c1ccccc1. The van der Waals surface area contributed by atoms with Crippen molar-refractivity contribution in [2.75, 3.05) is 0 Å². The quantitative estimate of drug-likeness (QED) is 0.378. The molecule has 0 heterocycles. The first-order valence-electron chi connectivity index (χ1n) is 8.16. The van der Waals surface area contributed by atoms with Crippen LogP contribution in [0.1, 0.15) is 55.5 Å². The van der Waals surface area contributed by atoms with Crippen LogP contribution in [0.3, 0.4) is 0 Å². The maximum atomic E-state index is 12.1. The molecule has 0 bridgehead atoms. The van der Waals surface area contributed by atoms with Gasteiger partial charge in [0.05, 0.1) is 5.56 Å². The topological polar surface area (TPSA) is 35.5 Å². The number of carbonyl (C=O) groups is 1. The zero-order valence-electron chi connectivity index (χ0n) is 13.8. The van der Waals surface area contributed by atoms with E-state index in [0.717, 1.165) is 31.2 Å². The summed E-state index contributed by atoms with van der Waals surface area (Å²) in [5.41, 5.74) is 0.856. The molecule has 0 amide bonds. The number of hydrogen-bond acceptors (Lipinski definition) is 3. The summed E-state index contributed by atoms with van der Waals surface area (Å²) in [7, 11) is 0. The van der Waals surface area contributed by atoms with Crippen LogP contribution in [-0.4, -0.2) is 5.97 Å². The molecule has 1 unspecified atom stereocenters. The molecule has 0 aliphatic rings. The molecule has 0 saturated heterocycles. The molecule has 2 aromatic carbocycles. The Balaban J connectivity index is 2.07. The van der Waals surface area contributed by atoms with E-state index in [1.165, 1.54) is 0 Å². The molecule has 0 aliphatic heterocycles. The van der Waals surface area contributed by atoms with E-state index in [2.05, 4.69) is 6.92 Å². The highest BCUT2D eigenvalue weighted by atomic mass is 17.2. The lowest BCUT2D eigenvalue weighted by atomic mass is 9.90. The number of rotatable bonds is 8. The lowest BCUT2D eigenvalue weighted by Crippen LogP contribution is -2.27. The predicted octanol–water partition coefficient (Wildman–Crippen LogP) is 5.27. The summed E-state index contributed by atoms with van der Waals surface area (Å²) in [5, 5.41) is 0. The number of carbonyl (C=O) groups excluding carboxylic acids is 1. The lowest BCUT2D eigenvalue weighted by Gasteiger charge is -2.28. The van der Waals surface area contributed by atoms with Crippen molar-refractivity contribution in [3.63, 3.8) is 0 Å². The third-order valence-electron chi connectivity index (χ3n) is 3.95. The molecular formula is C20H24O3. The minimum absolute atomic E-state index is 0.469. The molecule has 0 aliphatic carbocycles. The summed E-state index contributed by atoms with van der Waals surface area (Å²) in [4.78, 5) is 22.9. The normalized spacial score (nSPS) is 13.3. The first-order chi connectivity index (χ1) is 11.2. The largest absolute Gasteiger partial charge is 0.373 e. The van der Waals surface area contributed by atoms with Gasteiger partial charge in [-0.1, -0.05) is 74.7 Å². The van der Waals surface area contributed by atoms with Crippen molar-refractivity contribution in [3.8, 4) is 0 Å². The van der Waals surface area contributed by atoms with E-state index >= 15 is 0 Å². The van der Waals surface area contributed by atoms with Crippen LogP contribution in [-0.2, 0) is 15.4 Å². The molecule has 0 radical (unpaired) electrons. The molecule has 0 aromatic heterocycles. The van der Waals surface area contributed by atoms with Gasteiger partial charge in [0.1, 0.15) is 5.60 Å². The van der Waals surface area contributed by atoms with E-state index < -0.39 is 11.6 Å². The van der Waals surface area contributed by atoms with Gasteiger partial charge in [0, 0.05) is 0 Å². The molecule has 0 N–H and O–H groups in total. The Bertz CT molecular complexity index is 595. The van der Waals surface area contributed by atoms with Crippen LogP contribution in [0.5, 0.6) is 0 Å². The molecule has 0 spiro atoms. The van der Waals surface area contributed by atoms with Gasteiger partial charge in [-0.05, 0) is 31.0 Å². The van der Waals surface area contributed by atoms with Gasteiger partial charge in [0.2, 0.25) is 0 Å². The van der Waals surface area contributed by atoms with Crippen molar-refractivity contribution in [2.24, 2.45) is 0 Å². The fourth-order valence-electron chi connectivity index (χ4n) is 2.49. The summed E-state index contributed by atoms with van der Waals surface area (Å²) in [6.07, 6.45) is 4.07. The predicted molar refractivity (Wildman–Crippen MR) is 90.9 cm³/mol. The molecule has 1 atom stereocenters. The second-order valence-electron chi connectivity index (χ2n) is 5.87. The molecule has 2 rings (SSSR count). The number of unbranched alkanes of at least 4 members (excludes halogenated alkanes) is 2. The Morgan fingerprint density at radius 1 is 0.957 bits per heavy atom. The highest BCUT2D eigenvalue weighted by Crippen LogP contribution is 2.31. The van der Waals surface area contributed by atoms with Crippen LogP contribution >= 0.6 is 0 Å². The summed E-state index contributed by atoms with van der Waals surface area (Å²) in [6, 6.07) is 18.8. The molecule has 0 fully saturated rings. The van der Waals surface area contributed by atoms with Crippen molar-refractivity contribution >= 4 is 5.97 Å². The van der Waals surface area contributed by atoms with Gasteiger partial charge in [0.15, 0.2) is 0 Å². The van der Waals surface area contributed by atoms with E-state index in [1.807, 2.05) is 43.3 Å². The van der Waals surface area contributed by atoms with Crippen molar-refractivity contribution in [1.29, 1.82) is 0 Å². The zero-order chi connectivity index (χ0) is 16.5. The average molecular weight is 312 g/mol. The monoisotopic (exact) mass is 312 g/mol.